The summed E-state index contributed by atoms with van der Waals surface area (Å²) in [6.45, 7) is 0. The van der Waals surface area contributed by atoms with E-state index >= 15 is 0 Å². The van der Waals surface area contributed by atoms with Crippen LogP contribution in [0.2, 0.25) is 0 Å². The van der Waals surface area contributed by atoms with Crippen molar-refractivity contribution in [3.63, 3.8) is 0 Å². The van der Waals surface area contributed by atoms with Gasteiger partial charge in [0.1, 0.15) is 0 Å². The smallest absolute Gasteiger partial charge is 0.179 e. The number of pyridine rings is 1. The minimum Gasteiger partial charge on any atom is -0.255 e. The minimum absolute atomic E-state index is 1.03. The summed E-state index contributed by atoms with van der Waals surface area (Å²) in [6.07, 6.45) is 1.99. The highest BCUT2D eigenvalue weighted by Crippen LogP contribution is 2.41. The van der Waals surface area contributed by atoms with Gasteiger partial charge in [0.25, 0.3) is 0 Å². The second-order valence-corrected chi connectivity index (χ2v) is 31.3. The lowest BCUT2D eigenvalue weighted by Crippen LogP contribution is -2.74. The lowest BCUT2D eigenvalue weighted by molar-refractivity contribution is 1.37. The third-order valence-corrected chi connectivity index (χ3v) is 29.3. The highest BCUT2D eigenvalue weighted by molar-refractivity contribution is 7.27. The summed E-state index contributed by atoms with van der Waals surface area (Å²) in [6, 6.07) is 115. The molecular weight excluding hydrogens is 1060 g/mol. The fraction of sp³-hybridized carbons (Fsp3) is 0. The van der Waals surface area contributed by atoms with Gasteiger partial charge in [0, 0.05) is 47.4 Å². The predicted molar refractivity (Wildman–Crippen MR) is 361 cm³/mol. The van der Waals surface area contributed by atoms with E-state index in [9.17, 15) is 0 Å². The first-order chi connectivity index (χ1) is 40.7. The number of aromatic nitrogens is 1. The molecular formula is C77H51NS2Si2. The van der Waals surface area contributed by atoms with Crippen LogP contribution in [0.15, 0.2) is 310 Å². The molecule has 0 fully saturated rings. The van der Waals surface area contributed by atoms with Crippen molar-refractivity contribution < 1.29 is 0 Å². The molecule has 0 unspecified atom stereocenters. The van der Waals surface area contributed by atoms with Crippen LogP contribution in [-0.2, 0) is 0 Å². The maximum absolute atomic E-state index is 5.15. The summed E-state index contributed by atoms with van der Waals surface area (Å²) in [5.74, 6) is 0. The van der Waals surface area contributed by atoms with E-state index in [0.29, 0.717) is 0 Å². The summed E-state index contributed by atoms with van der Waals surface area (Å²) in [5.41, 5.74) is 4.69. The quantitative estimate of drug-likeness (QED) is 0.0756. The molecule has 3 aromatic heterocycles. The number of rotatable bonds is 10. The molecule has 0 aliphatic rings. The second kappa shape index (κ2) is 19.7. The van der Waals surface area contributed by atoms with Gasteiger partial charge in [0.05, 0.1) is 10.4 Å². The van der Waals surface area contributed by atoms with Crippen LogP contribution in [0.3, 0.4) is 0 Å². The Morgan fingerprint density at radius 1 is 0.232 bits per heavy atom. The Morgan fingerprint density at radius 2 is 0.598 bits per heavy atom. The van der Waals surface area contributed by atoms with E-state index in [-0.39, 0.29) is 0 Å². The van der Waals surface area contributed by atoms with Crippen LogP contribution in [0.1, 0.15) is 0 Å². The first-order valence-corrected chi connectivity index (χ1v) is 33.8. The molecule has 384 valence electrons. The Labute approximate surface area is 486 Å². The lowest BCUT2D eigenvalue weighted by Gasteiger charge is -2.35. The second-order valence-electron chi connectivity index (χ2n) is 21.6. The average molecular weight is 1110 g/mol. The van der Waals surface area contributed by atoms with Gasteiger partial charge in [-0.15, -0.1) is 22.7 Å². The Balaban J connectivity index is 0.927. The van der Waals surface area contributed by atoms with E-state index in [1.54, 1.807) is 0 Å². The molecule has 0 bridgehead atoms. The molecule has 5 heteroatoms. The van der Waals surface area contributed by atoms with Gasteiger partial charge in [-0.25, -0.2) is 0 Å². The van der Waals surface area contributed by atoms with Gasteiger partial charge in [-0.3, -0.25) is 4.98 Å². The maximum atomic E-state index is 5.15. The van der Waals surface area contributed by atoms with Crippen LogP contribution in [-0.4, -0.2) is 21.1 Å². The summed E-state index contributed by atoms with van der Waals surface area (Å²) < 4.78 is 5.16. The number of thiophene rings is 2. The lowest BCUT2D eigenvalue weighted by atomic mass is 9.94. The van der Waals surface area contributed by atoms with Crippen LogP contribution in [0.4, 0.5) is 0 Å². The van der Waals surface area contributed by atoms with Gasteiger partial charge < -0.3 is 0 Å². The molecule has 1 nitrogen and oxygen atoms in total. The molecule has 16 aromatic rings. The summed E-state index contributed by atoms with van der Waals surface area (Å²) in [4.78, 5) is 5.15. The third-order valence-electron chi connectivity index (χ3n) is 17.4. The normalized spacial score (nSPS) is 12.1. The van der Waals surface area contributed by atoms with Crippen LogP contribution >= 0.6 is 22.7 Å². The zero-order valence-electron chi connectivity index (χ0n) is 44.7. The Morgan fingerprint density at radius 3 is 1.11 bits per heavy atom. The van der Waals surface area contributed by atoms with E-state index in [4.69, 9.17) is 4.98 Å². The third kappa shape index (κ3) is 7.51. The van der Waals surface area contributed by atoms with Gasteiger partial charge >= 0.3 is 0 Å². The van der Waals surface area contributed by atoms with Crippen molar-refractivity contribution in [3.8, 4) is 22.4 Å². The van der Waals surface area contributed by atoms with Gasteiger partial charge in [0.15, 0.2) is 16.1 Å². The molecule has 0 saturated carbocycles. The molecule has 3 heterocycles. The highest BCUT2D eigenvalue weighted by Gasteiger charge is 2.44. The Hall–Kier alpha value is -9.34. The van der Waals surface area contributed by atoms with E-state index in [0.717, 1.165) is 11.3 Å². The molecule has 0 spiro atoms. The van der Waals surface area contributed by atoms with Crippen molar-refractivity contribution >= 4 is 153 Å². The van der Waals surface area contributed by atoms with Crippen molar-refractivity contribution in [1.29, 1.82) is 0 Å². The molecule has 0 aliphatic carbocycles. The first-order valence-electron chi connectivity index (χ1n) is 28.2. The summed E-state index contributed by atoms with van der Waals surface area (Å²) in [7, 11) is -6.08. The summed E-state index contributed by atoms with van der Waals surface area (Å²) in [5, 5.41) is 23.5. The van der Waals surface area contributed by atoms with Crippen LogP contribution in [0.25, 0.3) is 95.0 Å². The monoisotopic (exact) mass is 1110 g/mol. The molecule has 16 rings (SSSR count). The standard InChI is InChI=1S/C77H51NS2Si2/c1-5-24-54(25-6-1)81(55-26-7-2-8-27-55,58-32-19-22-52(48-58)62-38-21-39-69-67-36-15-17-40-73(67)79-76(62)69)60-42-44-65-66-45-43-61(51-72(66)64-35-14-13-34-63(64)71(65)50-60)82(56-28-9-3-10-29-56,57-30-11-4-12-31-57)59-33-20-23-53(49-59)75-77-70(46-47-78-75)68-37-16-18-41-74(68)80-77/h1-51H. The van der Waals surface area contributed by atoms with Gasteiger partial charge in [-0.2, -0.15) is 0 Å². The molecule has 0 aliphatic heterocycles. The van der Waals surface area contributed by atoms with Crippen molar-refractivity contribution in [1.82, 2.24) is 4.98 Å². The Bertz CT molecular complexity index is 4690. The van der Waals surface area contributed by atoms with Crippen molar-refractivity contribution in [2.24, 2.45) is 0 Å². The van der Waals surface area contributed by atoms with E-state index in [1.807, 2.05) is 28.9 Å². The van der Waals surface area contributed by atoms with Gasteiger partial charge in [0.2, 0.25) is 0 Å². The topological polar surface area (TPSA) is 12.9 Å². The molecule has 0 N–H and O–H groups in total. The van der Waals surface area contributed by atoms with Crippen molar-refractivity contribution in [3.05, 3.63) is 310 Å². The van der Waals surface area contributed by atoms with Crippen molar-refractivity contribution in [2.45, 2.75) is 0 Å². The van der Waals surface area contributed by atoms with E-state index in [1.165, 1.54) is 125 Å². The number of nitrogens with zero attached hydrogens (tertiary/aromatic N) is 1. The number of hydrogen-bond donors (Lipinski definition) is 0. The van der Waals surface area contributed by atoms with Crippen LogP contribution in [0, 0.1) is 0 Å². The minimum atomic E-state index is -3.05. The molecule has 0 amide bonds. The molecule has 0 atom stereocenters. The highest BCUT2D eigenvalue weighted by atomic mass is 32.1. The summed E-state index contributed by atoms with van der Waals surface area (Å²) >= 11 is 3.74. The molecule has 0 saturated heterocycles. The largest absolute Gasteiger partial charge is 0.255 e. The van der Waals surface area contributed by atoms with E-state index in [2.05, 4.69) is 303 Å². The Kier molecular flexibility index (Phi) is 11.7. The molecule has 13 aromatic carbocycles. The zero-order valence-corrected chi connectivity index (χ0v) is 48.3. The fourth-order valence-electron chi connectivity index (χ4n) is 13.8. The SMILES string of the molecule is c1ccc([Si](c2ccccc2)(c2cccc(-c3cccc4c3sc3ccccc34)c2)c2ccc3c4ccc([Si](c5ccccc5)(c5ccccc5)c5cccc(-c6nccc7c6sc6ccccc67)c5)cc4c4ccccc4c3c2)cc1. The van der Waals surface area contributed by atoms with Crippen molar-refractivity contribution in [2.75, 3.05) is 0 Å². The average Bonchev–Trinajstić information content (AvgIpc) is 3.35. The first kappa shape index (κ1) is 48.6. The van der Waals surface area contributed by atoms with E-state index < -0.39 is 16.1 Å². The maximum Gasteiger partial charge on any atom is 0.179 e. The number of benzene rings is 13. The number of hydrogen-bond acceptors (Lipinski definition) is 3. The van der Waals surface area contributed by atoms with Gasteiger partial charge in [-0.1, -0.05) is 285 Å². The predicted octanol–water partition coefficient (Wildman–Crippen LogP) is 15.4. The molecule has 82 heavy (non-hydrogen) atoms. The number of fused-ring (bicyclic) bond motifs is 12. The fourth-order valence-corrected chi connectivity index (χ4v) is 25.9. The molecule has 0 radical (unpaired) electrons. The zero-order chi connectivity index (χ0) is 54.2. The van der Waals surface area contributed by atoms with Crippen LogP contribution in [0.5, 0.6) is 0 Å². The van der Waals surface area contributed by atoms with Gasteiger partial charge in [-0.05, 0) is 103 Å². The van der Waals surface area contributed by atoms with Crippen LogP contribution < -0.4 is 41.5 Å².